The minimum absolute atomic E-state index is 0.0246. The van der Waals surface area contributed by atoms with E-state index in [1.807, 2.05) is 18.6 Å². The number of allylic oxidation sites excluding steroid dienone is 3. The third-order valence-electron chi connectivity index (χ3n) is 5.79. The maximum absolute atomic E-state index is 14.4. The summed E-state index contributed by atoms with van der Waals surface area (Å²) in [7, 11) is 0. The van der Waals surface area contributed by atoms with E-state index >= 15 is 0 Å². The quantitative estimate of drug-likeness (QED) is 0.615. The van der Waals surface area contributed by atoms with E-state index < -0.39 is 0 Å². The Labute approximate surface area is 133 Å². The predicted octanol–water partition coefficient (Wildman–Crippen LogP) is 5.84. The number of halogens is 1. The first kappa shape index (κ1) is 14.2. The summed E-state index contributed by atoms with van der Waals surface area (Å²) in [6, 6.07) is 3.98. The van der Waals surface area contributed by atoms with E-state index in [1.165, 1.54) is 48.8 Å². The molecule has 0 heterocycles. The Kier molecular flexibility index (Phi) is 3.47. The molecular formula is C21H24F. The van der Waals surface area contributed by atoms with Crippen molar-refractivity contribution in [1.82, 2.24) is 0 Å². The van der Waals surface area contributed by atoms with Crippen LogP contribution in [0.2, 0.25) is 0 Å². The van der Waals surface area contributed by atoms with Crippen LogP contribution < -0.4 is 0 Å². The average molecular weight is 295 g/mol. The molecule has 3 aliphatic rings. The van der Waals surface area contributed by atoms with Gasteiger partial charge in [-0.1, -0.05) is 11.6 Å². The first-order valence-electron chi connectivity index (χ1n) is 8.64. The lowest BCUT2D eigenvalue weighted by Crippen LogP contribution is -2.28. The molecule has 0 saturated heterocycles. The predicted molar refractivity (Wildman–Crippen MR) is 90.0 cm³/mol. The van der Waals surface area contributed by atoms with Crippen LogP contribution in [0.3, 0.4) is 0 Å². The van der Waals surface area contributed by atoms with Crippen LogP contribution in [-0.2, 0) is 6.42 Å². The topological polar surface area (TPSA) is 0 Å². The van der Waals surface area contributed by atoms with Crippen molar-refractivity contribution in [2.75, 3.05) is 0 Å². The highest BCUT2D eigenvalue weighted by atomic mass is 19.1. The Bertz CT molecular complexity index is 652. The minimum atomic E-state index is -0.0246. The van der Waals surface area contributed by atoms with Crippen LogP contribution in [0, 0.1) is 24.1 Å². The molecule has 3 aliphatic carbocycles. The molecule has 1 radical (unpaired) electrons. The molecule has 3 unspecified atom stereocenters. The van der Waals surface area contributed by atoms with Gasteiger partial charge in [0.2, 0.25) is 0 Å². The molecule has 0 aliphatic heterocycles. The Hall–Kier alpha value is -1.37. The molecule has 115 valence electrons. The molecule has 1 saturated carbocycles. The van der Waals surface area contributed by atoms with Gasteiger partial charge in [0.05, 0.1) is 0 Å². The van der Waals surface area contributed by atoms with Gasteiger partial charge in [-0.15, -0.1) is 6.58 Å². The summed E-state index contributed by atoms with van der Waals surface area (Å²) < 4.78 is 14.4. The van der Waals surface area contributed by atoms with Crippen molar-refractivity contribution in [2.45, 2.75) is 51.4 Å². The number of fused-ring (bicyclic) bond motifs is 3. The smallest absolute Gasteiger partial charge is 0.131 e. The zero-order chi connectivity index (χ0) is 15.3. The average Bonchev–Trinajstić information content (AvgIpc) is 3.30. The summed E-state index contributed by atoms with van der Waals surface area (Å²) in [5, 5.41) is 0. The van der Waals surface area contributed by atoms with Gasteiger partial charge in [0.25, 0.3) is 0 Å². The standard InChI is InChI=1S/C21H24F/c1-13(2)9-14-3-8-18-16(10-14)6-7-17-11-20(15-4-5-15)21(22)12-19(17)18/h4-5,11-12,14,16,18H,1,3,6-10H2,2H3. The summed E-state index contributed by atoms with van der Waals surface area (Å²) in [5.74, 6) is 2.12. The van der Waals surface area contributed by atoms with E-state index in [2.05, 4.69) is 19.6 Å². The van der Waals surface area contributed by atoms with Gasteiger partial charge in [-0.05, 0) is 92.0 Å². The van der Waals surface area contributed by atoms with Gasteiger partial charge in [0.15, 0.2) is 0 Å². The van der Waals surface area contributed by atoms with E-state index in [-0.39, 0.29) is 5.82 Å². The summed E-state index contributed by atoms with van der Waals surface area (Å²) in [6.07, 6.45) is 11.4. The fraction of sp³-hybridized carbons (Fsp3) is 0.476. The molecule has 0 amide bonds. The SMILES string of the molecule is C=C(C)CC1CCC2c3cc(F)c(C4=C[CH]4)cc3CCC2C1. The number of aryl methyl sites for hydroxylation is 1. The van der Waals surface area contributed by atoms with Crippen LogP contribution in [-0.4, -0.2) is 0 Å². The first-order chi connectivity index (χ1) is 10.6. The molecule has 1 fully saturated rings. The largest absolute Gasteiger partial charge is 0.206 e. The van der Waals surface area contributed by atoms with Crippen molar-refractivity contribution in [3.8, 4) is 0 Å². The van der Waals surface area contributed by atoms with Gasteiger partial charge in [0, 0.05) is 12.0 Å². The molecule has 0 bridgehead atoms. The number of hydrogen-bond acceptors (Lipinski definition) is 0. The molecule has 0 nitrogen and oxygen atoms in total. The van der Waals surface area contributed by atoms with Crippen molar-refractivity contribution in [3.05, 3.63) is 59.3 Å². The van der Waals surface area contributed by atoms with Crippen LogP contribution >= 0.6 is 0 Å². The van der Waals surface area contributed by atoms with Crippen molar-refractivity contribution in [3.63, 3.8) is 0 Å². The normalized spacial score (nSPS) is 29.4. The third-order valence-corrected chi connectivity index (χ3v) is 5.79. The Morgan fingerprint density at radius 1 is 1.27 bits per heavy atom. The number of hydrogen-bond donors (Lipinski definition) is 0. The van der Waals surface area contributed by atoms with Gasteiger partial charge in [-0.3, -0.25) is 0 Å². The van der Waals surface area contributed by atoms with E-state index in [9.17, 15) is 4.39 Å². The minimum Gasteiger partial charge on any atom is -0.206 e. The summed E-state index contributed by atoms with van der Waals surface area (Å²) in [5.41, 5.74) is 5.91. The second-order valence-corrected chi connectivity index (χ2v) is 7.57. The number of benzene rings is 1. The van der Waals surface area contributed by atoms with Crippen LogP contribution in [0.25, 0.3) is 5.57 Å². The molecule has 0 aromatic heterocycles. The molecule has 0 spiro atoms. The molecule has 3 atom stereocenters. The lowest BCUT2D eigenvalue weighted by atomic mass is 9.64. The van der Waals surface area contributed by atoms with E-state index in [4.69, 9.17) is 0 Å². The maximum Gasteiger partial charge on any atom is 0.131 e. The van der Waals surface area contributed by atoms with E-state index in [0.29, 0.717) is 5.92 Å². The lowest BCUT2D eigenvalue weighted by Gasteiger charge is -2.41. The highest BCUT2D eigenvalue weighted by Crippen LogP contribution is 2.49. The fourth-order valence-electron chi connectivity index (χ4n) is 4.75. The Morgan fingerprint density at radius 2 is 2.09 bits per heavy atom. The highest BCUT2D eigenvalue weighted by Gasteiger charge is 2.36. The Morgan fingerprint density at radius 3 is 2.82 bits per heavy atom. The Balaban J connectivity index is 1.59. The van der Waals surface area contributed by atoms with Crippen LogP contribution in [0.4, 0.5) is 4.39 Å². The van der Waals surface area contributed by atoms with Crippen LogP contribution in [0.5, 0.6) is 0 Å². The van der Waals surface area contributed by atoms with Crippen molar-refractivity contribution in [2.24, 2.45) is 11.8 Å². The fourth-order valence-corrected chi connectivity index (χ4v) is 4.75. The lowest BCUT2D eigenvalue weighted by molar-refractivity contribution is 0.209. The number of rotatable bonds is 3. The van der Waals surface area contributed by atoms with Crippen molar-refractivity contribution < 1.29 is 4.39 Å². The van der Waals surface area contributed by atoms with Gasteiger partial charge in [-0.2, -0.15) is 0 Å². The molecule has 22 heavy (non-hydrogen) atoms. The van der Waals surface area contributed by atoms with Crippen molar-refractivity contribution in [1.29, 1.82) is 0 Å². The molecule has 1 aromatic carbocycles. The van der Waals surface area contributed by atoms with Gasteiger partial charge in [-0.25, -0.2) is 4.39 Å². The molecular weight excluding hydrogens is 271 g/mol. The second-order valence-electron chi connectivity index (χ2n) is 7.57. The summed E-state index contributed by atoms with van der Waals surface area (Å²) in [4.78, 5) is 0. The molecule has 4 rings (SSSR count). The van der Waals surface area contributed by atoms with Gasteiger partial charge < -0.3 is 0 Å². The highest BCUT2D eigenvalue weighted by molar-refractivity contribution is 5.87. The zero-order valence-electron chi connectivity index (χ0n) is 13.4. The third kappa shape index (κ3) is 2.55. The van der Waals surface area contributed by atoms with Crippen molar-refractivity contribution >= 4 is 5.57 Å². The monoisotopic (exact) mass is 295 g/mol. The van der Waals surface area contributed by atoms with Gasteiger partial charge in [0.1, 0.15) is 5.82 Å². The maximum atomic E-state index is 14.4. The van der Waals surface area contributed by atoms with E-state index in [0.717, 1.165) is 29.4 Å². The zero-order valence-corrected chi connectivity index (χ0v) is 13.4. The summed E-state index contributed by atoms with van der Waals surface area (Å²) >= 11 is 0. The molecule has 1 aromatic rings. The molecule has 1 heteroatoms. The van der Waals surface area contributed by atoms with Crippen LogP contribution in [0.1, 0.15) is 61.6 Å². The summed E-state index contributed by atoms with van der Waals surface area (Å²) in [6.45, 7) is 6.22. The van der Waals surface area contributed by atoms with E-state index in [1.54, 1.807) is 0 Å². The molecule has 0 N–H and O–H groups in total. The van der Waals surface area contributed by atoms with Crippen LogP contribution in [0.15, 0.2) is 30.4 Å². The second kappa shape index (κ2) is 5.37. The van der Waals surface area contributed by atoms with Gasteiger partial charge >= 0.3 is 0 Å². The first-order valence-corrected chi connectivity index (χ1v) is 8.64.